The summed E-state index contributed by atoms with van der Waals surface area (Å²) >= 11 is 0. The molecule has 0 bridgehead atoms. The van der Waals surface area contributed by atoms with E-state index in [1.54, 1.807) is 53.5 Å². The Kier molecular flexibility index (Phi) is 5.89. The fourth-order valence-electron chi connectivity index (χ4n) is 3.52. The van der Waals surface area contributed by atoms with Crippen LogP contribution in [0.15, 0.2) is 73.3 Å². The van der Waals surface area contributed by atoms with Crippen molar-refractivity contribution in [3.8, 4) is 34.1 Å². The zero-order chi connectivity index (χ0) is 22.7. The van der Waals surface area contributed by atoms with Gasteiger partial charge in [-0.1, -0.05) is 6.07 Å². The Morgan fingerprint density at radius 1 is 0.938 bits per heavy atom. The average molecular weight is 432 g/mol. The maximum atomic E-state index is 13.6. The molecule has 4 aromatic rings. The maximum absolute atomic E-state index is 13.6. The van der Waals surface area contributed by atoms with Gasteiger partial charge in [-0.3, -0.25) is 9.78 Å². The highest BCUT2D eigenvalue weighted by molar-refractivity contribution is 6.13. The second kappa shape index (κ2) is 8.93. The predicted molar refractivity (Wildman–Crippen MR) is 118 cm³/mol. The van der Waals surface area contributed by atoms with E-state index in [-0.39, 0.29) is 11.6 Å². The summed E-state index contributed by atoms with van der Waals surface area (Å²) in [5.74, 6) is 0.612. The van der Waals surface area contributed by atoms with Gasteiger partial charge in [-0.2, -0.15) is 0 Å². The van der Waals surface area contributed by atoms with Gasteiger partial charge in [0.1, 0.15) is 5.82 Å². The van der Waals surface area contributed by atoms with Gasteiger partial charge in [-0.25, -0.2) is 4.39 Å². The summed E-state index contributed by atoms with van der Waals surface area (Å²) < 4.78 is 31.3. The summed E-state index contributed by atoms with van der Waals surface area (Å²) in [5.41, 5.74) is 3.03. The van der Waals surface area contributed by atoms with Gasteiger partial charge in [0.15, 0.2) is 17.3 Å². The number of ketones is 1. The number of nitrogens with zero attached hydrogens (tertiary/aromatic N) is 2. The summed E-state index contributed by atoms with van der Waals surface area (Å²) in [6, 6.07) is 13.0. The zero-order valence-electron chi connectivity index (χ0n) is 17.8. The van der Waals surface area contributed by atoms with E-state index in [0.717, 1.165) is 11.3 Å². The van der Waals surface area contributed by atoms with Crippen molar-refractivity contribution in [2.24, 2.45) is 0 Å². The zero-order valence-corrected chi connectivity index (χ0v) is 17.8. The van der Waals surface area contributed by atoms with Gasteiger partial charge in [0.05, 0.1) is 21.3 Å². The second-order valence-electron chi connectivity index (χ2n) is 6.95. The molecular weight excluding hydrogens is 411 g/mol. The molecule has 7 heteroatoms. The maximum Gasteiger partial charge on any atom is 0.203 e. The third-order valence-electron chi connectivity index (χ3n) is 5.10. The predicted octanol–water partition coefficient (Wildman–Crippen LogP) is 4.94. The first kappa shape index (κ1) is 21.1. The Bertz CT molecular complexity index is 1230. The molecule has 0 spiro atoms. The third-order valence-corrected chi connectivity index (χ3v) is 5.10. The number of carbonyl (C=O) groups excluding carboxylic acids is 1. The molecule has 2 aromatic heterocycles. The lowest BCUT2D eigenvalue weighted by molar-refractivity contribution is 0.103. The van der Waals surface area contributed by atoms with Crippen molar-refractivity contribution in [2.45, 2.75) is 0 Å². The number of rotatable bonds is 7. The minimum Gasteiger partial charge on any atom is -0.493 e. The molecule has 2 aromatic carbocycles. The molecule has 0 atom stereocenters. The number of methoxy groups -OCH3 is 3. The molecule has 0 aliphatic heterocycles. The first-order chi connectivity index (χ1) is 15.5. The quantitative estimate of drug-likeness (QED) is 0.387. The first-order valence-corrected chi connectivity index (χ1v) is 9.78. The average Bonchev–Trinajstić information content (AvgIpc) is 3.29. The molecule has 0 amide bonds. The lowest BCUT2D eigenvalue weighted by atomic mass is 9.98. The molecule has 0 saturated carbocycles. The summed E-state index contributed by atoms with van der Waals surface area (Å²) in [6.07, 6.45) is 6.91. The Morgan fingerprint density at radius 3 is 2.19 bits per heavy atom. The number of aromatic nitrogens is 2. The molecule has 0 saturated heterocycles. The number of hydrogen-bond donors (Lipinski definition) is 0. The van der Waals surface area contributed by atoms with Crippen LogP contribution in [0.2, 0.25) is 0 Å². The SMILES string of the molecule is COc1cc(C(=O)c2cn(-c3ccc(F)cc3)cc2-c2cccnc2)cc(OC)c1OC. The van der Waals surface area contributed by atoms with E-state index in [1.165, 1.54) is 33.5 Å². The standard InChI is InChI=1S/C25H21FN2O4/c1-30-22-11-17(12-23(31-2)25(22)32-3)24(29)21-15-28(19-8-6-18(26)7-9-19)14-20(21)16-5-4-10-27-13-16/h4-15H,1-3H3. The monoisotopic (exact) mass is 432 g/mol. The highest BCUT2D eigenvalue weighted by atomic mass is 19.1. The Balaban J connectivity index is 1.87. The van der Waals surface area contributed by atoms with E-state index in [1.807, 2.05) is 12.3 Å². The lowest BCUT2D eigenvalue weighted by Gasteiger charge is -2.14. The van der Waals surface area contributed by atoms with Crippen molar-refractivity contribution in [2.75, 3.05) is 21.3 Å². The van der Waals surface area contributed by atoms with Crippen LogP contribution in [0.25, 0.3) is 16.8 Å². The molecule has 0 radical (unpaired) electrons. The Morgan fingerprint density at radius 2 is 1.62 bits per heavy atom. The van der Waals surface area contributed by atoms with Crippen LogP contribution in [-0.2, 0) is 0 Å². The highest BCUT2D eigenvalue weighted by Gasteiger charge is 2.22. The molecule has 4 rings (SSSR count). The van der Waals surface area contributed by atoms with Crippen molar-refractivity contribution in [3.63, 3.8) is 0 Å². The van der Waals surface area contributed by atoms with E-state index in [9.17, 15) is 9.18 Å². The van der Waals surface area contributed by atoms with Gasteiger partial charge < -0.3 is 18.8 Å². The largest absolute Gasteiger partial charge is 0.493 e. The fraction of sp³-hybridized carbons (Fsp3) is 0.120. The Hall–Kier alpha value is -4.13. The molecule has 0 fully saturated rings. The Labute approximate surface area is 184 Å². The number of benzene rings is 2. The van der Waals surface area contributed by atoms with Crippen LogP contribution >= 0.6 is 0 Å². The number of carbonyl (C=O) groups is 1. The van der Waals surface area contributed by atoms with E-state index >= 15 is 0 Å². The smallest absolute Gasteiger partial charge is 0.203 e. The third kappa shape index (κ3) is 3.92. The molecule has 6 nitrogen and oxygen atoms in total. The fourth-order valence-corrected chi connectivity index (χ4v) is 3.52. The minimum atomic E-state index is -0.331. The van der Waals surface area contributed by atoms with E-state index in [2.05, 4.69) is 4.98 Å². The molecular formula is C25H21FN2O4. The summed E-state index contributed by atoms with van der Waals surface area (Å²) in [7, 11) is 4.50. The minimum absolute atomic E-state index is 0.232. The van der Waals surface area contributed by atoms with Crippen LogP contribution < -0.4 is 14.2 Å². The number of hydrogen-bond acceptors (Lipinski definition) is 5. The topological polar surface area (TPSA) is 62.6 Å². The van der Waals surface area contributed by atoms with Crippen LogP contribution in [0.1, 0.15) is 15.9 Å². The molecule has 32 heavy (non-hydrogen) atoms. The van der Waals surface area contributed by atoms with Gasteiger partial charge >= 0.3 is 0 Å². The van der Waals surface area contributed by atoms with Crippen molar-refractivity contribution in [3.05, 3.63) is 90.3 Å². The van der Waals surface area contributed by atoms with Crippen LogP contribution in [0.4, 0.5) is 4.39 Å². The van der Waals surface area contributed by atoms with Crippen molar-refractivity contribution >= 4 is 5.78 Å². The van der Waals surface area contributed by atoms with E-state index in [0.29, 0.717) is 33.9 Å². The molecule has 2 heterocycles. The first-order valence-electron chi connectivity index (χ1n) is 9.78. The van der Waals surface area contributed by atoms with E-state index < -0.39 is 0 Å². The normalized spacial score (nSPS) is 10.6. The molecule has 0 N–H and O–H groups in total. The van der Waals surface area contributed by atoms with Crippen LogP contribution in [0.5, 0.6) is 17.2 Å². The van der Waals surface area contributed by atoms with Gasteiger partial charge in [0.25, 0.3) is 0 Å². The van der Waals surface area contributed by atoms with Crippen molar-refractivity contribution < 1.29 is 23.4 Å². The van der Waals surface area contributed by atoms with E-state index in [4.69, 9.17) is 14.2 Å². The highest BCUT2D eigenvalue weighted by Crippen LogP contribution is 2.39. The van der Waals surface area contributed by atoms with Crippen LogP contribution in [0.3, 0.4) is 0 Å². The lowest BCUT2D eigenvalue weighted by Crippen LogP contribution is -2.04. The summed E-state index contributed by atoms with van der Waals surface area (Å²) in [6.45, 7) is 0. The van der Waals surface area contributed by atoms with Gasteiger partial charge in [-0.05, 0) is 42.5 Å². The molecule has 0 aliphatic rings. The van der Waals surface area contributed by atoms with Crippen LogP contribution in [0, 0.1) is 5.82 Å². The molecule has 162 valence electrons. The summed E-state index contributed by atoms with van der Waals surface area (Å²) in [4.78, 5) is 17.8. The number of pyridine rings is 1. The van der Waals surface area contributed by atoms with Crippen molar-refractivity contribution in [1.29, 1.82) is 0 Å². The summed E-state index contributed by atoms with van der Waals surface area (Å²) in [5, 5.41) is 0. The van der Waals surface area contributed by atoms with Crippen molar-refractivity contribution in [1.82, 2.24) is 9.55 Å². The van der Waals surface area contributed by atoms with Gasteiger partial charge in [-0.15, -0.1) is 0 Å². The van der Waals surface area contributed by atoms with Gasteiger partial charge in [0.2, 0.25) is 5.75 Å². The van der Waals surface area contributed by atoms with Gasteiger partial charge in [0, 0.05) is 52.7 Å². The molecule has 0 aliphatic carbocycles. The number of ether oxygens (including phenoxy) is 3. The second-order valence-corrected chi connectivity index (χ2v) is 6.95. The molecule has 0 unspecified atom stereocenters. The number of halogens is 1. The van der Waals surface area contributed by atoms with Crippen LogP contribution in [-0.4, -0.2) is 36.7 Å².